The first-order chi connectivity index (χ1) is 19.4. The Morgan fingerprint density at radius 1 is 0.667 bits per heavy atom. The highest BCUT2D eigenvalue weighted by molar-refractivity contribution is 6.11. The van der Waals surface area contributed by atoms with Crippen molar-refractivity contribution in [2.75, 3.05) is 0 Å². The van der Waals surface area contributed by atoms with Crippen LogP contribution in [0.25, 0.3) is 55.4 Å². The quantitative estimate of drug-likeness (QED) is 0.217. The van der Waals surface area contributed by atoms with E-state index in [4.69, 9.17) is 0 Å². The maximum absolute atomic E-state index is 2.76. The second kappa shape index (κ2) is 6.23. The molecule has 2 aliphatic carbocycles. The largest absolute Gasteiger partial charge is 0.300 e. The van der Waals surface area contributed by atoms with Crippen molar-refractivity contribution in [2.24, 2.45) is 11.8 Å². The van der Waals surface area contributed by atoms with Gasteiger partial charge in [-0.1, -0.05) is 48.9 Å². The molecule has 4 aliphatic rings. The molecule has 0 N–H and O–H groups in total. The van der Waals surface area contributed by atoms with Crippen LogP contribution in [0.4, 0.5) is 0 Å². The van der Waals surface area contributed by atoms with E-state index in [9.17, 15) is 0 Å². The number of para-hydroxylation sites is 2. The van der Waals surface area contributed by atoms with E-state index < -0.39 is 0 Å². The molecule has 1 spiro atoms. The van der Waals surface area contributed by atoms with Gasteiger partial charge in [-0.2, -0.15) is 13.7 Å². The first-order valence-electron chi connectivity index (χ1n) is 14.4. The Kier molecular flexibility index (Phi) is 3.13. The van der Waals surface area contributed by atoms with Crippen molar-refractivity contribution in [1.82, 2.24) is 9.13 Å². The van der Waals surface area contributed by atoms with Crippen LogP contribution in [0, 0.1) is 11.8 Å². The molecule has 0 amide bonds. The van der Waals surface area contributed by atoms with Crippen LogP contribution < -0.4 is 9.13 Å². The van der Waals surface area contributed by atoms with Gasteiger partial charge in [0.05, 0.1) is 17.1 Å². The molecule has 4 heteroatoms. The lowest BCUT2D eigenvalue weighted by Crippen LogP contribution is -2.83. The maximum atomic E-state index is 2.76. The van der Waals surface area contributed by atoms with E-state index in [-0.39, 0.29) is 5.66 Å². The Morgan fingerprint density at radius 2 is 1.41 bits per heavy atom. The fourth-order valence-electron chi connectivity index (χ4n) is 9.52. The van der Waals surface area contributed by atoms with Crippen LogP contribution in [-0.2, 0) is 12.1 Å². The number of hydrogen-bond acceptors (Lipinski definition) is 0. The van der Waals surface area contributed by atoms with Crippen molar-refractivity contribution in [3.05, 3.63) is 108 Å². The van der Waals surface area contributed by atoms with E-state index in [0.29, 0.717) is 11.8 Å². The van der Waals surface area contributed by atoms with Gasteiger partial charge < -0.3 is 0 Å². The zero-order valence-corrected chi connectivity index (χ0v) is 21.5. The highest BCUT2D eigenvalue weighted by Crippen LogP contribution is 2.55. The highest BCUT2D eigenvalue weighted by Gasteiger charge is 2.65. The zero-order valence-electron chi connectivity index (χ0n) is 21.5. The summed E-state index contributed by atoms with van der Waals surface area (Å²) < 4.78 is 10.6. The molecule has 7 aromatic rings. The summed E-state index contributed by atoms with van der Waals surface area (Å²) in [6.07, 6.45) is 7.49. The summed E-state index contributed by atoms with van der Waals surface area (Å²) in [7, 11) is 0. The normalized spacial score (nSPS) is 23.6. The van der Waals surface area contributed by atoms with E-state index in [2.05, 4.69) is 115 Å². The van der Waals surface area contributed by atoms with Crippen LogP contribution in [0.2, 0.25) is 0 Å². The van der Waals surface area contributed by atoms with Crippen LogP contribution in [0.15, 0.2) is 97.2 Å². The molecule has 184 valence electrons. The summed E-state index contributed by atoms with van der Waals surface area (Å²) in [5.74, 6) is 3.81. The molecule has 0 saturated heterocycles. The number of rotatable bonds is 0. The number of nitrogens with zero attached hydrogens (tertiary/aromatic N) is 4. The van der Waals surface area contributed by atoms with Crippen LogP contribution in [-0.4, -0.2) is 9.13 Å². The average Bonchev–Trinajstić information content (AvgIpc) is 3.69. The van der Waals surface area contributed by atoms with E-state index in [0.717, 1.165) is 0 Å². The van der Waals surface area contributed by atoms with Gasteiger partial charge in [0.15, 0.2) is 0 Å². The summed E-state index contributed by atoms with van der Waals surface area (Å²) in [6.45, 7) is 0. The fraction of sp³-hybridized carbons (Fsp3) is 0.200. The van der Waals surface area contributed by atoms with Crippen LogP contribution in [0.3, 0.4) is 0 Å². The van der Waals surface area contributed by atoms with E-state index in [1.54, 1.807) is 5.56 Å². The van der Waals surface area contributed by atoms with Crippen molar-refractivity contribution in [3.8, 4) is 11.6 Å². The number of pyridine rings is 2. The van der Waals surface area contributed by atoms with Gasteiger partial charge in [-0.3, -0.25) is 0 Å². The molecule has 3 unspecified atom stereocenters. The van der Waals surface area contributed by atoms with Gasteiger partial charge in [0.2, 0.25) is 5.82 Å². The van der Waals surface area contributed by atoms with Crippen molar-refractivity contribution >= 4 is 43.7 Å². The minimum absolute atomic E-state index is 0.283. The Bertz CT molecular complexity index is 2270. The molecule has 2 aliphatic heterocycles. The van der Waals surface area contributed by atoms with E-state index in [1.165, 1.54) is 86.6 Å². The van der Waals surface area contributed by atoms with E-state index >= 15 is 0 Å². The molecule has 6 heterocycles. The molecule has 0 bridgehead atoms. The zero-order chi connectivity index (χ0) is 25.0. The van der Waals surface area contributed by atoms with Crippen molar-refractivity contribution in [1.29, 1.82) is 0 Å². The van der Waals surface area contributed by atoms with Gasteiger partial charge in [0, 0.05) is 34.2 Å². The topological polar surface area (TPSA) is 17.6 Å². The third kappa shape index (κ3) is 1.90. The first-order valence-corrected chi connectivity index (χ1v) is 14.4. The summed E-state index contributed by atoms with van der Waals surface area (Å²) in [5, 5.41) is 5.41. The minimum atomic E-state index is -0.283. The summed E-state index contributed by atoms with van der Waals surface area (Å²) in [5.41, 5.74) is 8.13. The van der Waals surface area contributed by atoms with Crippen molar-refractivity contribution in [2.45, 2.75) is 31.3 Å². The number of aromatic nitrogens is 4. The molecule has 39 heavy (non-hydrogen) atoms. The predicted molar refractivity (Wildman–Crippen MR) is 153 cm³/mol. The molecule has 0 radical (unpaired) electrons. The minimum Gasteiger partial charge on any atom is -0.224 e. The molecule has 1 saturated carbocycles. The smallest absolute Gasteiger partial charge is 0.224 e. The van der Waals surface area contributed by atoms with Crippen molar-refractivity contribution in [3.63, 3.8) is 0 Å². The van der Waals surface area contributed by atoms with Gasteiger partial charge in [-0.05, 0) is 67.1 Å². The number of benzene rings is 3. The molecule has 3 atom stereocenters. The molecule has 1 fully saturated rings. The third-order valence-electron chi connectivity index (χ3n) is 10.7. The predicted octanol–water partition coefficient (Wildman–Crippen LogP) is 6.30. The lowest BCUT2D eigenvalue weighted by atomic mass is 9.67. The Balaban J connectivity index is 1.49. The lowest BCUT2D eigenvalue weighted by Gasteiger charge is -2.47. The molecule has 11 rings (SSSR count). The van der Waals surface area contributed by atoms with Crippen molar-refractivity contribution < 1.29 is 9.13 Å². The SMILES string of the molecule is c1cc2[n+]3c(c1)-n1c4ccccc4c4ccc[n+](c41)C31c3c(ccc4c5ccccc5n-2c34)CC2CCCC21. The lowest BCUT2D eigenvalue weighted by molar-refractivity contribution is -0.984. The Morgan fingerprint density at radius 3 is 2.28 bits per heavy atom. The summed E-state index contributed by atoms with van der Waals surface area (Å²) in [4.78, 5) is 0. The van der Waals surface area contributed by atoms with Gasteiger partial charge in [0.1, 0.15) is 16.6 Å². The Hall–Kier alpha value is -4.44. The molecular formula is C35H26N4+2. The standard InChI is InChI=1S/C35H26N4/c1-3-13-28-23(9-1)25-18-17-22-20-21-8-5-12-27(21)35-32(22)33(25)37(28)30-15-6-16-31(39(30)35)38-29-14-4-2-10-24(29)26-11-7-19-36(35)34(26)38/h1-4,6-7,9-11,13-19,21,27H,5,8,12,20H2/q+2. The summed E-state index contributed by atoms with van der Waals surface area (Å²) >= 11 is 0. The van der Waals surface area contributed by atoms with Gasteiger partial charge in [-0.25, -0.2) is 4.57 Å². The van der Waals surface area contributed by atoms with Crippen LogP contribution >= 0.6 is 0 Å². The Labute approximate surface area is 225 Å². The fourth-order valence-corrected chi connectivity index (χ4v) is 9.52. The second-order valence-corrected chi connectivity index (χ2v) is 12.1. The van der Waals surface area contributed by atoms with Gasteiger partial charge in [-0.15, -0.1) is 0 Å². The van der Waals surface area contributed by atoms with Crippen LogP contribution in [0.1, 0.15) is 30.4 Å². The van der Waals surface area contributed by atoms with E-state index in [1.807, 2.05) is 0 Å². The monoisotopic (exact) mass is 502 g/mol. The number of fused-ring (bicyclic) bond motifs is 9. The molecular weight excluding hydrogens is 476 g/mol. The summed E-state index contributed by atoms with van der Waals surface area (Å²) in [6, 6.07) is 34.5. The molecule has 4 aromatic heterocycles. The maximum Gasteiger partial charge on any atom is 0.300 e. The third-order valence-corrected chi connectivity index (χ3v) is 10.7. The second-order valence-electron chi connectivity index (χ2n) is 12.1. The molecule has 3 aromatic carbocycles. The van der Waals surface area contributed by atoms with Gasteiger partial charge >= 0.3 is 5.65 Å². The average molecular weight is 503 g/mol. The van der Waals surface area contributed by atoms with Gasteiger partial charge in [0.25, 0.3) is 11.5 Å². The molecule has 4 nitrogen and oxygen atoms in total. The van der Waals surface area contributed by atoms with Crippen LogP contribution in [0.5, 0.6) is 0 Å². The first kappa shape index (κ1) is 19.6. The number of hydrogen-bond donors (Lipinski definition) is 0. The highest BCUT2D eigenvalue weighted by atomic mass is 15.4.